The molecule has 0 saturated carbocycles. The molecule has 2 rings (SSSR count). The lowest BCUT2D eigenvalue weighted by atomic mass is 10.1. The van der Waals surface area contributed by atoms with Crippen LogP contribution in [-0.2, 0) is 12.8 Å². The summed E-state index contributed by atoms with van der Waals surface area (Å²) in [5.74, 6) is 0.822. The van der Waals surface area contributed by atoms with Crippen LogP contribution in [0.3, 0.4) is 0 Å². The molecule has 0 aliphatic heterocycles. The number of nitrogens with zero attached hydrogens (tertiary/aromatic N) is 2. The van der Waals surface area contributed by atoms with Gasteiger partial charge >= 0.3 is 0 Å². The molecule has 19 heavy (non-hydrogen) atoms. The highest BCUT2D eigenvalue weighted by molar-refractivity contribution is 6.30. The summed E-state index contributed by atoms with van der Waals surface area (Å²) in [6.45, 7) is 2.08. The lowest BCUT2D eigenvalue weighted by Gasteiger charge is -2.08. The third-order valence-electron chi connectivity index (χ3n) is 3.03. The molecule has 1 heterocycles. The van der Waals surface area contributed by atoms with Crippen molar-refractivity contribution in [1.29, 1.82) is 0 Å². The fraction of sp³-hybridized carbons (Fsp3) is 0.333. The van der Waals surface area contributed by atoms with Crippen molar-refractivity contribution >= 4 is 11.6 Å². The molecule has 1 aromatic carbocycles. The molecule has 0 amide bonds. The Morgan fingerprint density at radius 3 is 2.63 bits per heavy atom. The van der Waals surface area contributed by atoms with Crippen LogP contribution in [0.25, 0.3) is 0 Å². The summed E-state index contributed by atoms with van der Waals surface area (Å²) in [6.07, 6.45) is 4.27. The van der Waals surface area contributed by atoms with Crippen molar-refractivity contribution in [3.05, 3.63) is 58.6 Å². The van der Waals surface area contributed by atoms with Crippen LogP contribution in [0.1, 0.15) is 30.4 Å². The third kappa shape index (κ3) is 4.30. The summed E-state index contributed by atoms with van der Waals surface area (Å²) >= 11 is 5.87. The molecule has 4 heteroatoms. The number of aromatic nitrogens is 2. The van der Waals surface area contributed by atoms with Gasteiger partial charge in [-0.25, -0.2) is 9.97 Å². The molecule has 0 spiro atoms. The molecule has 2 aromatic rings. The first-order valence-corrected chi connectivity index (χ1v) is 6.86. The third-order valence-corrected chi connectivity index (χ3v) is 3.29. The van der Waals surface area contributed by atoms with E-state index in [1.54, 1.807) is 6.20 Å². The minimum absolute atomic E-state index is 0.165. The second-order valence-electron chi connectivity index (χ2n) is 4.64. The Labute approximate surface area is 118 Å². The Hall–Kier alpha value is -1.45. The van der Waals surface area contributed by atoms with Crippen LogP contribution in [0, 0.1) is 0 Å². The fourth-order valence-corrected chi connectivity index (χ4v) is 1.96. The van der Waals surface area contributed by atoms with Crippen LogP contribution in [0.5, 0.6) is 0 Å². The van der Waals surface area contributed by atoms with E-state index in [2.05, 4.69) is 16.9 Å². The van der Waals surface area contributed by atoms with Crippen LogP contribution in [0.4, 0.5) is 0 Å². The summed E-state index contributed by atoms with van der Waals surface area (Å²) < 4.78 is 0. The Kier molecular flexibility index (Phi) is 4.88. The van der Waals surface area contributed by atoms with Crippen molar-refractivity contribution < 1.29 is 0 Å². The average molecular weight is 276 g/mol. The number of benzene rings is 1. The van der Waals surface area contributed by atoms with Crippen molar-refractivity contribution in [2.24, 2.45) is 5.73 Å². The van der Waals surface area contributed by atoms with E-state index in [0.717, 1.165) is 34.9 Å². The summed E-state index contributed by atoms with van der Waals surface area (Å²) in [4.78, 5) is 8.86. The number of hydrogen-bond acceptors (Lipinski definition) is 3. The molecule has 3 nitrogen and oxygen atoms in total. The van der Waals surface area contributed by atoms with Gasteiger partial charge in [0.25, 0.3) is 0 Å². The monoisotopic (exact) mass is 275 g/mol. The van der Waals surface area contributed by atoms with Gasteiger partial charge < -0.3 is 5.73 Å². The summed E-state index contributed by atoms with van der Waals surface area (Å²) in [5.41, 5.74) is 8.11. The molecule has 100 valence electrons. The number of hydrogen-bond donors (Lipinski definition) is 1. The van der Waals surface area contributed by atoms with Gasteiger partial charge in [-0.2, -0.15) is 0 Å². The Balaban J connectivity index is 2.08. The van der Waals surface area contributed by atoms with Gasteiger partial charge in [0.1, 0.15) is 5.82 Å². The predicted molar refractivity (Wildman–Crippen MR) is 78.3 cm³/mol. The van der Waals surface area contributed by atoms with E-state index >= 15 is 0 Å². The summed E-state index contributed by atoms with van der Waals surface area (Å²) in [6, 6.07) is 9.85. The Morgan fingerprint density at radius 1 is 1.21 bits per heavy atom. The van der Waals surface area contributed by atoms with E-state index in [1.165, 1.54) is 0 Å². The highest BCUT2D eigenvalue weighted by atomic mass is 35.5. The van der Waals surface area contributed by atoms with Crippen molar-refractivity contribution in [3.63, 3.8) is 0 Å². The normalized spacial score (nSPS) is 12.4. The average Bonchev–Trinajstić information content (AvgIpc) is 2.42. The van der Waals surface area contributed by atoms with Crippen LogP contribution in [0.15, 0.2) is 36.5 Å². The van der Waals surface area contributed by atoms with Gasteiger partial charge in [-0.1, -0.05) is 30.7 Å². The molecule has 0 radical (unpaired) electrons. The van der Waals surface area contributed by atoms with E-state index in [4.69, 9.17) is 17.3 Å². The number of halogens is 1. The van der Waals surface area contributed by atoms with Gasteiger partial charge in [0, 0.05) is 35.8 Å². The highest BCUT2D eigenvalue weighted by Gasteiger charge is 2.05. The SMILES string of the molecule is CCC(N)Cc1ccnc(Cc2ccc(Cl)cc2)n1. The number of nitrogens with two attached hydrogens (primary N) is 1. The molecule has 0 saturated heterocycles. The van der Waals surface area contributed by atoms with Gasteiger partial charge in [-0.15, -0.1) is 0 Å². The molecular weight excluding hydrogens is 258 g/mol. The molecule has 1 atom stereocenters. The molecule has 1 aromatic heterocycles. The smallest absolute Gasteiger partial charge is 0.132 e. The maximum Gasteiger partial charge on any atom is 0.132 e. The van der Waals surface area contributed by atoms with Crippen molar-refractivity contribution in [2.45, 2.75) is 32.2 Å². The zero-order valence-corrected chi connectivity index (χ0v) is 11.8. The Morgan fingerprint density at radius 2 is 1.95 bits per heavy atom. The maximum atomic E-state index is 5.95. The van der Waals surface area contributed by atoms with Crippen molar-refractivity contribution in [3.8, 4) is 0 Å². The van der Waals surface area contributed by atoms with E-state index in [0.29, 0.717) is 6.42 Å². The van der Waals surface area contributed by atoms with Crippen molar-refractivity contribution in [2.75, 3.05) is 0 Å². The fourth-order valence-electron chi connectivity index (χ4n) is 1.84. The van der Waals surface area contributed by atoms with Crippen LogP contribution in [0.2, 0.25) is 5.02 Å². The first-order chi connectivity index (χ1) is 9.17. The largest absolute Gasteiger partial charge is 0.327 e. The van der Waals surface area contributed by atoms with E-state index in [-0.39, 0.29) is 6.04 Å². The second kappa shape index (κ2) is 6.64. The van der Waals surface area contributed by atoms with Crippen LogP contribution < -0.4 is 5.73 Å². The lowest BCUT2D eigenvalue weighted by Crippen LogP contribution is -2.22. The maximum absolute atomic E-state index is 5.95. The highest BCUT2D eigenvalue weighted by Crippen LogP contribution is 2.12. The van der Waals surface area contributed by atoms with Crippen LogP contribution >= 0.6 is 11.6 Å². The minimum Gasteiger partial charge on any atom is -0.327 e. The minimum atomic E-state index is 0.165. The van der Waals surface area contributed by atoms with Crippen LogP contribution in [-0.4, -0.2) is 16.0 Å². The standard InChI is InChI=1S/C15H18ClN3/c1-2-13(17)10-14-7-8-18-15(19-14)9-11-3-5-12(16)6-4-11/h3-8,13H,2,9-10,17H2,1H3. The lowest BCUT2D eigenvalue weighted by molar-refractivity contribution is 0.633. The van der Waals surface area contributed by atoms with Gasteiger partial charge in [-0.05, 0) is 30.2 Å². The molecule has 0 aliphatic rings. The van der Waals surface area contributed by atoms with E-state index < -0.39 is 0 Å². The molecular formula is C15H18ClN3. The van der Waals surface area contributed by atoms with Gasteiger partial charge in [0.15, 0.2) is 0 Å². The van der Waals surface area contributed by atoms with E-state index in [1.807, 2.05) is 30.3 Å². The Bertz CT molecular complexity index is 525. The summed E-state index contributed by atoms with van der Waals surface area (Å²) in [7, 11) is 0. The molecule has 0 bridgehead atoms. The van der Waals surface area contributed by atoms with Crippen molar-refractivity contribution in [1.82, 2.24) is 9.97 Å². The van der Waals surface area contributed by atoms with E-state index in [9.17, 15) is 0 Å². The topological polar surface area (TPSA) is 51.8 Å². The molecule has 0 aliphatic carbocycles. The first kappa shape index (κ1) is 14.0. The molecule has 0 fully saturated rings. The second-order valence-corrected chi connectivity index (χ2v) is 5.08. The number of rotatable bonds is 5. The first-order valence-electron chi connectivity index (χ1n) is 6.48. The molecule has 2 N–H and O–H groups in total. The van der Waals surface area contributed by atoms with Gasteiger partial charge in [-0.3, -0.25) is 0 Å². The zero-order valence-electron chi connectivity index (χ0n) is 11.0. The quantitative estimate of drug-likeness (QED) is 0.913. The summed E-state index contributed by atoms with van der Waals surface area (Å²) in [5, 5.41) is 0.743. The molecule has 1 unspecified atom stereocenters. The zero-order chi connectivity index (χ0) is 13.7. The van der Waals surface area contributed by atoms with Gasteiger partial charge in [0.05, 0.1) is 0 Å². The predicted octanol–water partition coefficient (Wildman–Crippen LogP) is 3.00. The van der Waals surface area contributed by atoms with Gasteiger partial charge in [0.2, 0.25) is 0 Å².